The van der Waals surface area contributed by atoms with E-state index in [4.69, 9.17) is 18.0 Å². The molecule has 0 bridgehead atoms. The molecule has 0 amide bonds. The SMILES string of the molecule is CCn1nc(Cn2cnc(C(N)=S)n2)c2ccccc21. The van der Waals surface area contributed by atoms with Gasteiger partial charge >= 0.3 is 0 Å². The van der Waals surface area contributed by atoms with Crippen molar-refractivity contribution in [2.75, 3.05) is 0 Å². The van der Waals surface area contributed by atoms with E-state index in [1.165, 1.54) is 0 Å². The van der Waals surface area contributed by atoms with Gasteiger partial charge in [0, 0.05) is 11.9 Å². The molecule has 0 saturated heterocycles. The second-order valence-corrected chi connectivity index (χ2v) is 4.85. The maximum absolute atomic E-state index is 5.51. The van der Waals surface area contributed by atoms with Gasteiger partial charge in [0.25, 0.3) is 0 Å². The molecule has 0 aliphatic rings. The van der Waals surface area contributed by atoms with Gasteiger partial charge in [-0.1, -0.05) is 30.4 Å². The fourth-order valence-corrected chi connectivity index (χ4v) is 2.28. The molecule has 3 rings (SSSR count). The largest absolute Gasteiger partial charge is 0.387 e. The zero-order valence-corrected chi connectivity index (χ0v) is 11.8. The minimum atomic E-state index is 0.202. The number of aromatic nitrogens is 5. The van der Waals surface area contributed by atoms with Gasteiger partial charge in [0.2, 0.25) is 5.82 Å². The monoisotopic (exact) mass is 286 g/mol. The van der Waals surface area contributed by atoms with Crippen molar-refractivity contribution in [1.29, 1.82) is 0 Å². The second kappa shape index (κ2) is 5.01. The maximum atomic E-state index is 5.51. The molecule has 0 unspecified atom stereocenters. The summed E-state index contributed by atoms with van der Waals surface area (Å²) < 4.78 is 3.68. The highest BCUT2D eigenvalue weighted by Gasteiger charge is 2.11. The van der Waals surface area contributed by atoms with Gasteiger partial charge in [-0.2, -0.15) is 5.10 Å². The van der Waals surface area contributed by atoms with Gasteiger partial charge in [-0.3, -0.25) is 4.68 Å². The average Bonchev–Trinajstić information content (AvgIpc) is 3.05. The van der Waals surface area contributed by atoms with Crippen LogP contribution in [0.15, 0.2) is 30.6 Å². The fourth-order valence-electron chi connectivity index (χ4n) is 2.19. The van der Waals surface area contributed by atoms with Crippen LogP contribution in [0.25, 0.3) is 10.9 Å². The Balaban J connectivity index is 1.99. The zero-order valence-electron chi connectivity index (χ0n) is 11.0. The molecule has 0 saturated carbocycles. The van der Waals surface area contributed by atoms with Crippen molar-refractivity contribution in [3.8, 4) is 0 Å². The molecule has 2 N–H and O–H groups in total. The van der Waals surface area contributed by atoms with Gasteiger partial charge in [0.15, 0.2) is 0 Å². The Bertz CT molecular complexity index is 772. The van der Waals surface area contributed by atoms with Crippen molar-refractivity contribution in [3.05, 3.63) is 42.1 Å². The first-order chi connectivity index (χ1) is 9.69. The van der Waals surface area contributed by atoms with E-state index in [-0.39, 0.29) is 4.99 Å². The number of rotatable bonds is 4. The third-order valence-corrected chi connectivity index (χ3v) is 3.29. The van der Waals surface area contributed by atoms with Crippen molar-refractivity contribution < 1.29 is 0 Å². The van der Waals surface area contributed by atoms with Gasteiger partial charge in [-0.05, 0) is 13.0 Å². The first-order valence-corrected chi connectivity index (χ1v) is 6.73. The summed E-state index contributed by atoms with van der Waals surface area (Å²) in [5, 5.41) is 9.98. The van der Waals surface area contributed by atoms with Crippen LogP contribution >= 0.6 is 12.2 Å². The molecule has 0 atom stereocenters. The smallest absolute Gasteiger partial charge is 0.208 e. The summed E-state index contributed by atoms with van der Waals surface area (Å²) in [7, 11) is 0. The number of nitrogens with two attached hydrogens (primary N) is 1. The number of para-hydroxylation sites is 1. The molecule has 0 aliphatic heterocycles. The Morgan fingerprint density at radius 3 is 2.80 bits per heavy atom. The fraction of sp³-hybridized carbons (Fsp3) is 0.231. The second-order valence-electron chi connectivity index (χ2n) is 4.41. The molecule has 102 valence electrons. The number of hydrogen-bond acceptors (Lipinski definition) is 4. The molecule has 3 aromatic rings. The quantitative estimate of drug-likeness (QED) is 0.732. The molecule has 6 nitrogen and oxygen atoms in total. The third-order valence-electron chi connectivity index (χ3n) is 3.10. The average molecular weight is 286 g/mol. The first-order valence-electron chi connectivity index (χ1n) is 6.32. The number of nitrogens with zero attached hydrogens (tertiary/aromatic N) is 5. The molecule has 2 aromatic heterocycles. The first kappa shape index (κ1) is 12.7. The number of benzene rings is 1. The number of aryl methyl sites for hydroxylation is 1. The van der Waals surface area contributed by atoms with Crippen LogP contribution in [0.4, 0.5) is 0 Å². The maximum Gasteiger partial charge on any atom is 0.208 e. The summed E-state index contributed by atoms with van der Waals surface area (Å²) in [5.41, 5.74) is 7.59. The van der Waals surface area contributed by atoms with Crippen molar-refractivity contribution >= 4 is 28.1 Å². The normalized spacial score (nSPS) is 11.1. The summed E-state index contributed by atoms with van der Waals surface area (Å²) in [4.78, 5) is 4.27. The van der Waals surface area contributed by atoms with Gasteiger partial charge in [-0.25, -0.2) is 9.67 Å². The molecule has 0 fully saturated rings. The number of thiocarbonyl (C=S) groups is 1. The summed E-state index contributed by atoms with van der Waals surface area (Å²) in [5.74, 6) is 0.388. The molecular formula is C13H14N6S. The van der Waals surface area contributed by atoms with Crippen LogP contribution in [0.5, 0.6) is 0 Å². The van der Waals surface area contributed by atoms with Crippen LogP contribution in [0, 0.1) is 0 Å². The van der Waals surface area contributed by atoms with Crippen LogP contribution in [0.3, 0.4) is 0 Å². The predicted octanol–water partition coefficient (Wildman–Crippen LogP) is 1.33. The van der Waals surface area contributed by atoms with Gasteiger partial charge in [0.05, 0.1) is 17.8 Å². The lowest BCUT2D eigenvalue weighted by Crippen LogP contribution is -2.12. The Morgan fingerprint density at radius 2 is 2.10 bits per heavy atom. The van der Waals surface area contributed by atoms with Crippen molar-refractivity contribution in [2.45, 2.75) is 20.0 Å². The molecule has 2 heterocycles. The van der Waals surface area contributed by atoms with E-state index < -0.39 is 0 Å². The Kier molecular flexibility index (Phi) is 3.19. The standard InChI is InChI=1S/C13H14N6S/c1-2-19-11-6-4-3-5-9(11)10(16-19)7-18-8-15-13(17-18)12(14)20/h3-6,8H,2,7H2,1H3,(H2,14,20). The third kappa shape index (κ3) is 2.16. The molecular weight excluding hydrogens is 272 g/mol. The summed E-state index contributed by atoms with van der Waals surface area (Å²) in [6, 6.07) is 8.15. The minimum absolute atomic E-state index is 0.202. The number of hydrogen-bond donors (Lipinski definition) is 1. The van der Waals surface area contributed by atoms with E-state index in [1.54, 1.807) is 11.0 Å². The van der Waals surface area contributed by atoms with Crippen LogP contribution in [-0.2, 0) is 13.1 Å². The van der Waals surface area contributed by atoms with Crippen LogP contribution < -0.4 is 5.73 Å². The lowest BCUT2D eigenvalue weighted by Gasteiger charge is -1.97. The number of fused-ring (bicyclic) bond motifs is 1. The Hall–Kier alpha value is -2.28. The minimum Gasteiger partial charge on any atom is -0.387 e. The molecule has 7 heteroatoms. The van der Waals surface area contributed by atoms with E-state index in [0.717, 1.165) is 23.1 Å². The van der Waals surface area contributed by atoms with Crippen LogP contribution in [-0.4, -0.2) is 29.5 Å². The topological polar surface area (TPSA) is 74.5 Å². The molecule has 20 heavy (non-hydrogen) atoms. The van der Waals surface area contributed by atoms with Gasteiger partial charge in [0.1, 0.15) is 11.3 Å². The molecule has 1 aromatic carbocycles. The zero-order chi connectivity index (χ0) is 14.1. The lowest BCUT2D eigenvalue weighted by atomic mass is 10.2. The molecule has 0 spiro atoms. The van der Waals surface area contributed by atoms with E-state index in [9.17, 15) is 0 Å². The summed E-state index contributed by atoms with van der Waals surface area (Å²) in [6.07, 6.45) is 1.62. The summed E-state index contributed by atoms with van der Waals surface area (Å²) >= 11 is 4.86. The van der Waals surface area contributed by atoms with E-state index in [0.29, 0.717) is 12.4 Å². The summed E-state index contributed by atoms with van der Waals surface area (Å²) in [6.45, 7) is 3.45. The van der Waals surface area contributed by atoms with E-state index in [2.05, 4.69) is 34.2 Å². The van der Waals surface area contributed by atoms with Crippen molar-refractivity contribution in [1.82, 2.24) is 24.5 Å². The highest BCUT2D eigenvalue weighted by atomic mass is 32.1. The Labute approximate surface area is 121 Å². The van der Waals surface area contributed by atoms with E-state index >= 15 is 0 Å². The van der Waals surface area contributed by atoms with Crippen molar-refractivity contribution in [3.63, 3.8) is 0 Å². The van der Waals surface area contributed by atoms with Crippen molar-refractivity contribution in [2.24, 2.45) is 5.73 Å². The van der Waals surface area contributed by atoms with E-state index in [1.807, 2.05) is 16.8 Å². The highest BCUT2D eigenvalue weighted by molar-refractivity contribution is 7.80. The van der Waals surface area contributed by atoms with Crippen LogP contribution in [0.1, 0.15) is 18.4 Å². The molecule has 0 aliphatic carbocycles. The molecule has 0 radical (unpaired) electrons. The lowest BCUT2D eigenvalue weighted by molar-refractivity contribution is 0.626. The van der Waals surface area contributed by atoms with Gasteiger partial charge < -0.3 is 5.73 Å². The van der Waals surface area contributed by atoms with Crippen LogP contribution in [0.2, 0.25) is 0 Å². The predicted molar refractivity (Wildman–Crippen MR) is 80.4 cm³/mol. The van der Waals surface area contributed by atoms with Gasteiger partial charge in [-0.15, -0.1) is 5.10 Å². The Morgan fingerprint density at radius 1 is 1.30 bits per heavy atom. The highest BCUT2D eigenvalue weighted by Crippen LogP contribution is 2.18.